The predicted octanol–water partition coefficient (Wildman–Crippen LogP) is 9.38. The third-order valence-corrected chi connectivity index (χ3v) is 7.92. The summed E-state index contributed by atoms with van der Waals surface area (Å²) in [7, 11) is 0. The quantitative estimate of drug-likeness (QED) is 0.233. The van der Waals surface area contributed by atoms with Crippen molar-refractivity contribution in [2.45, 2.75) is 0 Å². The molecule has 0 N–H and O–H groups in total. The van der Waals surface area contributed by atoms with Crippen molar-refractivity contribution in [2.24, 2.45) is 0 Å². The number of aromatic nitrogens is 3. The molecule has 0 aliphatic carbocycles. The summed E-state index contributed by atoms with van der Waals surface area (Å²) in [6.07, 6.45) is 1.83. The van der Waals surface area contributed by atoms with Gasteiger partial charge in [0.05, 0.1) is 16.7 Å². The molecule has 8 rings (SSSR count). The largest absolute Gasteiger partial charge is 0.436 e. The predicted molar refractivity (Wildman–Crippen MR) is 160 cm³/mol. The SMILES string of the molecule is c1ccc(-c2cccc(-n3c4ccccc4c4ccc(-c5nc6c(-c7ccsc7)cccc6o5)cc43)c2)nc1. The maximum Gasteiger partial charge on any atom is 0.227 e. The van der Waals surface area contributed by atoms with Gasteiger partial charge in [-0.15, -0.1) is 0 Å². The van der Waals surface area contributed by atoms with Gasteiger partial charge in [-0.3, -0.25) is 4.98 Å². The van der Waals surface area contributed by atoms with Gasteiger partial charge in [0.1, 0.15) is 5.52 Å². The number of thiophene rings is 1. The van der Waals surface area contributed by atoms with Crippen LogP contribution in [0.4, 0.5) is 0 Å². The van der Waals surface area contributed by atoms with Crippen LogP contribution in [0.3, 0.4) is 0 Å². The van der Waals surface area contributed by atoms with Crippen molar-refractivity contribution < 1.29 is 4.42 Å². The van der Waals surface area contributed by atoms with Crippen molar-refractivity contribution in [3.05, 3.63) is 126 Å². The summed E-state index contributed by atoms with van der Waals surface area (Å²) < 4.78 is 8.63. The van der Waals surface area contributed by atoms with Crippen LogP contribution < -0.4 is 0 Å². The van der Waals surface area contributed by atoms with E-state index in [0.29, 0.717) is 5.89 Å². The van der Waals surface area contributed by atoms with Crippen LogP contribution in [-0.2, 0) is 0 Å². The maximum atomic E-state index is 6.31. The summed E-state index contributed by atoms with van der Waals surface area (Å²) in [5.41, 5.74) is 10.2. The van der Waals surface area contributed by atoms with Crippen LogP contribution in [0.25, 0.3) is 72.4 Å². The monoisotopic (exact) mass is 519 g/mol. The topological polar surface area (TPSA) is 43.9 Å². The molecule has 0 aliphatic rings. The first-order valence-corrected chi connectivity index (χ1v) is 13.8. The zero-order valence-electron chi connectivity index (χ0n) is 20.8. The molecule has 184 valence electrons. The van der Waals surface area contributed by atoms with Crippen molar-refractivity contribution in [3.63, 3.8) is 0 Å². The van der Waals surface area contributed by atoms with Crippen LogP contribution in [0.1, 0.15) is 0 Å². The molecule has 0 saturated heterocycles. The standard InChI is InChI=1S/C34H21N3OS/c1-2-12-30-27(9-1)28-15-14-23(34-36-33-26(24-16-18-39-21-24)10-6-13-32(33)38-34)20-31(28)37(30)25-8-5-7-22(19-25)29-11-3-4-17-35-29/h1-21H. The van der Waals surface area contributed by atoms with Gasteiger partial charge in [-0.05, 0) is 70.9 Å². The fourth-order valence-electron chi connectivity index (χ4n) is 5.44. The van der Waals surface area contributed by atoms with E-state index < -0.39 is 0 Å². The van der Waals surface area contributed by atoms with Crippen LogP contribution >= 0.6 is 11.3 Å². The van der Waals surface area contributed by atoms with Gasteiger partial charge in [0.15, 0.2) is 5.58 Å². The van der Waals surface area contributed by atoms with Gasteiger partial charge < -0.3 is 8.98 Å². The molecule has 4 aromatic carbocycles. The molecule has 4 aromatic heterocycles. The maximum absolute atomic E-state index is 6.31. The number of para-hydroxylation sites is 2. The average Bonchev–Trinajstić information content (AvgIpc) is 3.75. The Hall–Kier alpha value is -5.00. The number of hydrogen-bond acceptors (Lipinski definition) is 4. The number of rotatable bonds is 4. The molecule has 0 bridgehead atoms. The van der Waals surface area contributed by atoms with Crippen LogP contribution in [0.15, 0.2) is 131 Å². The van der Waals surface area contributed by atoms with Crippen LogP contribution in [0, 0.1) is 0 Å². The zero-order chi connectivity index (χ0) is 25.8. The molecule has 0 atom stereocenters. The second-order valence-corrected chi connectivity index (χ2v) is 10.3. The van der Waals surface area contributed by atoms with Crippen LogP contribution in [0.5, 0.6) is 0 Å². The van der Waals surface area contributed by atoms with Crippen LogP contribution in [-0.4, -0.2) is 14.5 Å². The Morgan fingerprint density at radius 3 is 2.46 bits per heavy atom. The summed E-state index contributed by atoms with van der Waals surface area (Å²) in [4.78, 5) is 9.54. The number of benzene rings is 4. The van der Waals surface area contributed by atoms with Gasteiger partial charge >= 0.3 is 0 Å². The van der Waals surface area contributed by atoms with E-state index in [1.165, 1.54) is 10.8 Å². The molecular weight excluding hydrogens is 498 g/mol. The van der Waals surface area contributed by atoms with Crippen LogP contribution in [0.2, 0.25) is 0 Å². The number of hydrogen-bond donors (Lipinski definition) is 0. The highest BCUT2D eigenvalue weighted by atomic mass is 32.1. The molecule has 4 nitrogen and oxygen atoms in total. The zero-order valence-corrected chi connectivity index (χ0v) is 21.6. The second kappa shape index (κ2) is 8.79. The summed E-state index contributed by atoms with van der Waals surface area (Å²) in [5.74, 6) is 0.619. The number of nitrogens with zero attached hydrogens (tertiary/aromatic N) is 3. The molecule has 39 heavy (non-hydrogen) atoms. The Morgan fingerprint density at radius 2 is 1.56 bits per heavy atom. The minimum atomic E-state index is 0.619. The van der Waals surface area contributed by atoms with Gasteiger partial charge in [0.25, 0.3) is 0 Å². The van der Waals surface area contributed by atoms with Crippen molar-refractivity contribution in [2.75, 3.05) is 0 Å². The van der Waals surface area contributed by atoms with E-state index in [-0.39, 0.29) is 0 Å². The van der Waals surface area contributed by atoms with Crippen molar-refractivity contribution in [1.82, 2.24) is 14.5 Å². The highest BCUT2D eigenvalue weighted by Crippen LogP contribution is 2.37. The fraction of sp³-hybridized carbons (Fsp3) is 0. The minimum Gasteiger partial charge on any atom is -0.436 e. The summed E-state index contributed by atoms with van der Waals surface area (Å²) >= 11 is 1.68. The Balaban J connectivity index is 1.34. The summed E-state index contributed by atoms with van der Waals surface area (Å²) in [6, 6.07) is 37.8. The van der Waals surface area contributed by atoms with E-state index >= 15 is 0 Å². The smallest absolute Gasteiger partial charge is 0.227 e. The Morgan fingerprint density at radius 1 is 0.667 bits per heavy atom. The Kier molecular flexibility index (Phi) is 4.96. The van der Waals surface area contributed by atoms with E-state index in [4.69, 9.17) is 9.40 Å². The van der Waals surface area contributed by atoms with Gasteiger partial charge in [-0.1, -0.05) is 54.6 Å². The fourth-order valence-corrected chi connectivity index (χ4v) is 6.10. The molecule has 4 heterocycles. The van der Waals surface area contributed by atoms with Gasteiger partial charge in [-0.25, -0.2) is 4.98 Å². The third kappa shape index (κ3) is 3.59. The molecule has 0 amide bonds. The average molecular weight is 520 g/mol. The van der Waals surface area contributed by atoms with E-state index in [2.05, 4.69) is 99.2 Å². The minimum absolute atomic E-state index is 0.619. The molecule has 0 fully saturated rings. The Labute approximate surface area is 228 Å². The van der Waals surface area contributed by atoms with Gasteiger partial charge in [-0.2, -0.15) is 11.3 Å². The molecule has 0 radical (unpaired) electrons. The lowest BCUT2D eigenvalue weighted by atomic mass is 10.1. The first-order valence-electron chi connectivity index (χ1n) is 12.8. The second-order valence-electron chi connectivity index (χ2n) is 9.53. The lowest BCUT2D eigenvalue weighted by molar-refractivity contribution is 0.620. The van der Waals surface area contributed by atoms with Crippen molar-refractivity contribution in [1.29, 1.82) is 0 Å². The van der Waals surface area contributed by atoms with E-state index in [9.17, 15) is 0 Å². The highest BCUT2D eigenvalue weighted by Gasteiger charge is 2.17. The normalized spacial score (nSPS) is 11.6. The lowest BCUT2D eigenvalue weighted by Gasteiger charge is -2.10. The Bertz CT molecular complexity index is 2120. The van der Waals surface area contributed by atoms with E-state index in [1.54, 1.807) is 11.3 Å². The molecule has 5 heteroatoms. The lowest BCUT2D eigenvalue weighted by Crippen LogP contribution is -1.95. The highest BCUT2D eigenvalue weighted by molar-refractivity contribution is 7.08. The summed E-state index contributed by atoms with van der Waals surface area (Å²) in [6.45, 7) is 0. The van der Waals surface area contributed by atoms with Crippen molar-refractivity contribution in [3.8, 4) is 39.5 Å². The molecule has 0 spiro atoms. The molecule has 0 unspecified atom stereocenters. The third-order valence-electron chi connectivity index (χ3n) is 7.24. The number of oxazole rings is 1. The molecule has 0 saturated carbocycles. The van der Waals surface area contributed by atoms with E-state index in [0.717, 1.165) is 55.8 Å². The van der Waals surface area contributed by atoms with E-state index in [1.807, 2.05) is 36.5 Å². The number of pyridine rings is 1. The van der Waals surface area contributed by atoms with Crippen molar-refractivity contribution >= 4 is 44.2 Å². The summed E-state index contributed by atoms with van der Waals surface area (Å²) in [5, 5.41) is 6.63. The van der Waals surface area contributed by atoms with Gasteiger partial charge in [0, 0.05) is 39.3 Å². The molecule has 0 aliphatic heterocycles. The van der Waals surface area contributed by atoms with Gasteiger partial charge in [0.2, 0.25) is 5.89 Å². The number of fused-ring (bicyclic) bond motifs is 4. The molecule has 8 aromatic rings. The first-order chi connectivity index (χ1) is 19.3. The molecular formula is C34H21N3OS. The first kappa shape index (κ1) is 22.0.